The van der Waals surface area contributed by atoms with Crippen LogP contribution in [0.3, 0.4) is 0 Å². The van der Waals surface area contributed by atoms with Crippen molar-refractivity contribution < 1.29 is 9.59 Å². The zero-order valence-corrected chi connectivity index (χ0v) is 16.2. The second-order valence-electron chi connectivity index (χ2n) is 8.48. The number of hydrogen-bond acceptors (Lipinski definition) is 2. The lowest BCUT2D eigenvalue weighted by atomic mass is 9.84. The van der Waals surface area contributed by atoms with E-state index in [1.165, 1.54) is 12.0 Å². The first kappa shape index (κ1) is 18.7. The third-order valence-corrected chi connectivity index (χ3v) is 5.55. The van der Waals surface area contributed by atoms with Crippen LogP contribution in [0.25, 0.3) is 6.08 Å². The fourth-order valence-electron chi connectivity index (χ4n) is 3.43. The largest absolute Gasteiger partial charge is 0.339 e. The Balaban J connectivity index is 1.50. The van der Waals surface area contributed by atoms with E-state index < -0.39 is 0 Å². The van der Waals surface area contributed by atoms with Crippen molar-refractivity contribution in [2.75, 3.05) is 26.2 Å². The van der Waals surface area contributed by atoms with E-state index in [9.17, 15) is 9.59 Å². The zero-order valence-electron chi connectivity index (χ0n) is 16.2. The Labute approximate surface area is 156 Å². The van der Waals surface area contributed by atoms with Gasteiger partial charge in [-0.1, -0.05) is 51.5 Å². The van der Waals surface area contributed by atoms with Crippen molar-refractivity contribution in [2.24, 2.45) is 5.92 Å². The lowest BCUT2D eigenvalue weighted by molar-refractivity contribution is -0.142. The van der Waals surface area contributed by atoms with Crippen molar-refractivity contribution >= 4 is 17.9 Å². The lowest BCUT2D eigenvalue weighted by Crippen LogP contribution is -2.52. The van der Waals surface area contributed by atoms with Gasteiger partial charge < -0.3 is 9.80 Å². The van der Waals surface area contributed by atoms with Crippen LogP contribution < -0.4 is 0 Å². The van der Waals surface area contributed by atoms with E-state index in [0.717, 1.165) is 18.4 Å². The molecule has 3 rings (SSSR count). The fraction of sp³-hybridized carbons (Fsp3) is 0.545. The van der Waals surface area contributed by atoms with Crippen molar-refractivity contribution in [1.82, 2.24) is 9.80 Å². The van der Waals surface area contributed by atoms with Crippen molar-refractivity contribution in [3.63, 3.8) is 0 Å². The third kappa shape index (κ3) is 4.35. The summed E-state index contributed by atoms with van der Waals surface area (Å²) in [5.74, 6) is 0.562. The SMILES string of the molecule is CC(C)(C)c1ccc(/C=C/C(=O)N2CCN(C(=O)C3CCC3)CC2)cc1. The quantitative estimate of drug-likeness (QED) is 0.780. The highest BCUT2D eigenvalue weighted by Crippen LogP contribution is 2.28. The van der Waals surface area contributed by atoms with Gasteiger partial charge in [0.15, 0.2) is 0 Å². The number of nitrogens with zero attached hydrogens (tertiary/aromatic N) is 2. The molecule has 0 radical (unpaired) electrons. The van der Waals surface area contributed by atoms with Crippen LogP contribution in [-0.4, -0.2) is 47.8 Å². The van der Waals surface area contributed by atoms with Gasteiger partial charge in [0.25, 0.3) is 0 Å². The number of hydrogen-bond donors (Lipinski definition) is 0. The molecule has 2 fully saturated rings. The number of amides is 2. The normalized spacial score (nSPS) is 18.9. The summed E-state index contributed by atoms with van der Waals surface area (Å²) < 4.78 is 0. The van der Waals surface area contributed by atoms with Crippen molar-refractivity contribution in [3.8, 4) is 0 Å². The Kier molecular flexibility index (Phi) is 5.49. The summed E-state index contributed by atoms with van der Waals surface area (Å²) in [7, 11) is 0. The van der Waals surface area contributed by atoms with Crippen LogP contribution >= 0.6 is 0 Å². The van der Waals surface area contributed by atoms with E-state index in [1.807, 2.05) is 15.9 Å². The van der Waals surface area contributed by atoms with Gasteiger partial charge >= 0.3 is 0 Å². The van der Waals surface area contributed by atoms with E-state index in [0.29, 0.717) is 26.2 Å². The Bertz CT molecular complexity index is 673. The van der Waals surface area contributed by atoms with Gasteiger partial charge in [0.2, 0.25) is 11.8 Å². The van der Waals surface area contributed by atoms with Crippen LogP contribution in [0, 0.1) is 5.92 Å². The van der Waals surface area contributed by atoms with Crippen LogP contribution in [0.5, 0.6) is 0 Å². The molecule has 0 bridgehead atoms. The van der Waals surface area contributed by atoms with Gasteiger partial charge in [-0.05, 0) is 35.5 Å². The van der Waals surface area contributed by atoms with Crippen LogP contribution in [-0.2, 0) is 15.0 Å². The Morgan fingerprint density at radius 1 is 0.962 bits per heavy atom. The standard InChI is InChI=1S/C22H30N2O2/c1-22(2,3)19-10-7-17(8-11-19)9-12-20(25)23-13-15-24(16-14-23)21(26)18-5-4-6-18/h7-12,18H,4-6,13-16H2,1-3H3/b12-9+. The summed E-state index contributed by atoms with van der Waals surface area (Å²) in [5, 5.41) is 0. The number of benzene rings is 1. The van der Waals surface area contributed by atoms with Gasteiger partial charge in [0.1, 0.15) is 0 Å². The minimum atomic E-state index is 0.0284. The minimum Gasteiger partial charge on any atom is -0.339 e. The van der Waals surface area contributed by atoms with Crippen LogP contribution in [0.15, 0.2) is 30.3 Å². The highest BCUT2D eigenvalue weighted by Gasteiger charge is 2.31. The average Bonchev–Trinajstić information content (AvgIpc) is 2.58. The number of carbonyl (C=O) groups excluding carboxylic acids is 2. The molecule has 4 heteroatoms. The van der Waals surface area contributed by atoms with Gasteiger partial charge in [-0.15, -0.1) is 0 Å². The maximum absolute atomic E-state index is 12.4. The van der Waals surface area contributed by atoms with Gasteiger partial charge in [-0.2, -0.15) is 0 Å². The van der Waals surface area contributed by atoms with Crippen LogP contribution in [0.2, 0.25) is 0 Å². The Morgan fingerprint density at radius 3 is 2.04 bits per heavy atom. The van der Waals surface area contributed by atoms with Crippen molar-refractivity contribution in [1.29, 1.82) is 0 Å². The molecule has 1 aliphatic heterocycles. The molecule has 1 saturated heterocycles. The predicted molar refractivity (Wildman–Crippen MR) is 105 cm³/mol. The molecule has 4 nitrogen and oxygen atoms in total. The second-order valence-corrected chi connectivity index (χ2v) is 8.48. The van der Waals surface area contributed by atoms with E-state index >= 15 is 0 Å². The lowest BCUT2D eigenvalue weighted by Gasteiger charge is -2.37. The highest BCUT2D eigenvalue weighted by molar-refractivity contribution is 5.92. The van der Waals surface area contributed by atoms with E-state index in [2.05, 4.69) is 45.0 Å². The number of piperazine rings is 1. The van der Waals surface area contributed by atoms with Gasteiger partial charge in [-0.25, -0.2) is 0 Å². The summed E-state index contributed by atoms with van der Waals surface area (Å²) in [4.78, 5) is 28.5. The molecule has 1 aromatic carbocycles. The summed E-state index contributed by atoms with van der Waals surface area (Å²) in [6.45, 7) is 9.16. The smallest absolute Gasteiger partial charge is 0.246 e. The first-order chi connectivity index (χ1) is 12.3. The molecule has 1 saturated carbocycles. The molecule has 0 aromatic heterocycles. The third-order valence-electron chi connectivity index (χ3n) is 5.55. The minimum absolute atomic E-state index is 0.0284. The molecule has 0 atom stereocenters. The molecule has 2 aliphatic rings. The molecule has 1 aromatic rings. The van der Waals surface area contributed by atoms with Crippen molar-refractivity contribution in [3.05, 3.63) is 41.5 Å². The fourth-order valence-corrected chi connectivity index (χ4v) is 3.43. The second kappa shape index (κ2) is 7.65. The molecular formula is C22H30N2O2. The molecule has 1 aliphatic carbocycles. The molecule has 140 valence electrons. The molecule has 0 unspecified atom stereocenters. The zero-order chi connectivity index (χ0) is 18.7. The van der Waals surface area contributed by atoms with Gasteiger partial charge in [-0.3, -0.25) is 9.59 Å². The summed E-state index contributed by atoms with van der Waals surface area (Å²) >= 11 is 0. The Hall–Kier alpha value is -2.10. The summed E-state index contributed by atoms with van der Waals surface area (Å²) in [6.07, 6.45) is 6.77. The maximum atomic E-state index is 12.4. The number of rotatable bonds is 3. The van der Waals surface area contributed by atoms with Gasteiger partial charge in [0.05, 0.1) is 0 Å². The molecule has 1 heterocycles. The van der Waals surface area contributed by atoms with Crippen molar-refractivity contribution in [2.45, 2.75) is 45.4 Å². The Morgan fingerprint density at radius 2 is 1.54 bits per heavy atom. The first-order valence-corrected chi connectivity index (χ1v) is 9.71. The van der Waals surface area contributed by atoms with Crippen LogP contribution in [0.4, 0.5) is 0 Å². The van der Waals surface area contributed by atoms with E-state index in [1.54, 1.807) is 6.08 Å². The topological polar surface area (TPSA) is 40.6 Å². The maximum Gasteiger partial charge on any atom is 0.246 e. The van der Waals surface area contributed by atoms with Crippen LogP contribution in [0.1, 0.15) is 51.2 Å². The predicted octanol–water partition coefficient (Wildman–Crippen LogP) is 3.47. The average molecular weight is 354 g/mol. The molecule has 0 N–H and O–H groups in total. The monoisotopic (exact) mass is 354 g/mol. The number of carbonyl (C=O) groups is 2. The summed E-state index contributed by atoms with van der Waals surface area (Å²) in [6, 6.07) is 8.35. The molecular weight excluding hydrogens is 324 g/mol. The summed E-state index contributed by atoms with van der Waals surface area (Å²) in [5.41, 5.74) is 2.45. The molecule has 2 amide bonds. The molecule has 0 spiro atoms. The van der Waals surface area contributed by atoms with E-state index in [4.69, 9.17) is 0 Å². The van der Waals surface area contributed by atoms with E-state index in [-0.39, 0.29) is 23.1 Å². The van der Waals surface area contributed by atoms with Gasteiger partial charge in [0, 0.05) is 38.2 Å². The highest BCUT2D eigenvalue weighted by atomic mass is 16.2. The molecule has 26 heavy (non-hydrogen) atoms. The first-order valence-electron chi connectivity index (χ1n) is 9.71.